The van der Waals surface area contributed by atoms with Gasteiger partial charge in [0.15, 0.2) is 0 Å². The van der Waals surface area contributed by atoms with Gasteiger partial charge in [-0.3, -0.25) is 0 Å². The van der Waals surface area contributed by atoms with Crippen molar-refractivity contribution in [1.29, 1.82) is 0 Å². The van der Waals surface area contributed by atoms with Crippen LogP contribution < -0.4 is 0 Å². The van der Waals surface area contributed by atoms with Gasteiger partial charge in [0.05, 0.1) is 5.39 Å². The van der Waals surface area contributed by atoms with E-state index in [0.717, 1.165) is 51.6 Å². The number of benzene rings is 2. The first kappa shape index (κ1) is 13.1. The zero-order valence-electron chi connectivity index (χ0n) is 13.5. The van der Waals surface area contributed by atoms with Crippen molar-refractivity contribution in [2.75, 3.05) is 0 Å². The Morgan fingerprint density at radius 2 is 1.92 bits per heavy atom. The Morgan fingerprint density at radius 1 is 1.04 bits per heavy atom. The Balaban J connectivity index is 1.94. The van der Waals surface area contributed by atoms with E-state index in [2.05, 4.69) is 51.9 Å². The highest BCUT2D eigenvalue weighted by Crippen LogP contribution is 2.40. The molecule has 1 aliphatic rings. The number of tetrazole rings is 1. The minimum Gasteiger partial charge on any atom is -0.461 e. The van der Waals surface area contributed by atoms with Crippen LogP contribution >= 0.6 is 0 Å². The van der Waals surface area contributed by atoms with Crippen LogP contribution in [-0.4, -0.2) is 25.3 Å². The van der Waals surface area contributed by atoms with Gasteiger partial charge in [-0.1, -0.05) is 24.3 Å². The first-order valence-corrected chi connectivity index (χ1v) is 8.32. The highest BCUT2D eigenvalue weighted by atomic mass is 16.3. The van der Waals surface area contributed by atoms with Crippen molar-refractivity contribution in [2.45, 2.75) is 19.8 Å². The second-order valence-electron chi connectivity index (χ2n) is 6.56. The summed E-state index contributed by atoms with van der Waals surface area (Å²) in [6, 6.07) is 12.7. The summed E-state index contributed by atoms with van der Waals surface area (Å²) < 4.78 is 7.54. The summed E-state index contributed by atoms with van der Waals surface area (Å²) in [4.78, 5) is 0. The molecule has 0 fully saturated rings. The predicted octanol–water partition coefficient (Wildman–Crippen LogP) is 3.49. The van der Waals surface area contributed by atoms with Crippen molar-refractivity contribution < 1.29 is 4.42 Å². The smallest absolute Gasteiger partial charge is 0.211 e. The average molecular weight is 327 g/mol. The minimum absolute atomic E-state index is 0.638. The van der Waals surface area contributed by atoms with E-state index in [1.807, 2.05) is 6.92 Å². The standard InChI is InChI=1S/C19H13N5O/c1-10-8-13-9-12-7-6-11-4-2-3-5-14(11)17-15(12)16(18(13)25-10)19-20-22-23-24(19)21-17/h2-5,8-9H,6-7H2,1H3. The Bertz CT molecular complexity index is 1310. The van der Waals surface area contributed by atoms with Crippen LogP contribution in [0.4, 0.5) is 0 Å². The van der Waals surface area contributed by atoms with Crippen molar-refractivity contribution >= 4 is 27.4 Å². The van der Waals surface area contributed by atoms with Gasteiger partial charge in [0.25, 0.3) is 0 Å². The van der Waals surface area contributed by atoms with E-state index >= 15 is 0 Å². The largest absolute Gasteiger partial charge is 0.461 e. The van der Waals surface area contributed by atoms with Gasteiger partial charge >= 0.3 is 0 Å². The topological polar surface area (TPSA) is 69.1 Å². The Hall–Kier alpha value is -3.28. The van der Waals surface area contributed by atoms with E-state index in [9.17, 15) is 0 Å². The van der Waals surface area contributed by atoms with E-state index < -0.39 is 0 Å². The molecule has 120 valence electrons. The average Bonchev–Trinajstić information content (AvgIpc) is 3.20. The first-order chi connectivity index (χ1) is 12.3. The molecule has 6 nitrogen and oxygen atoms in total. The number of nitrogens with zero attached hydrogens (tertiary/aromatic N) is 5. The molecule has 0 radical (unpaired) electrons. The zero-order chi connectivity index (χ0) is 16.5. The maximum atomic E-state index is 6.03. The predicted molar refractivity (Wildman–Crippen MR) is 93.4 cm³/mol. The molecule has 0 aliphatic heterocycles. The minimum atomic E-state index is 0.638. The van der Waals surface area contributed by atoms with Gasteiger partial charge in [0.2, 0.25) is 5.65 Å². The number of aromatic nitrogens is 5. The van der Waals surface area contributed by atoms with Crippen LogP contribution in [0, 0.1) is 6.92 Å². The SMILES string of the molecule is Cc1cc2cc3c4c(nn5nnnc5c4c2o1)-c1ccccc1CC3. The van der Waals surface area contributed by atoms with Crippen molar-refractivity contribution in [3.8, 4) is 11.3 Å². The van der Waals surface area contributed by atoms with Crippen molar-refractivity contribution in [3.63, 3.8) is 0 Å². The van der Waals surface area contributed by atoms with Crippen LogP contribution in [0.2, 0.25) is 0 Å². The summed E-state index contributed by atoms with van der Waals surface area (Å²) in [5.41, 5.74) is 6.11. The molecular weight excluding hydrogens is 314 g/mol. The monoisotopic (exact) mass is 327 g/mol. The van der Waals surface area contributed by atoms with Crippen LogP contribution in [0.15, 0.2) is 40.8 Å². The normalized spacial score (nSPS) is 13.5. The molecule has 6 rings (SSSR count). The Kier molecular flexibility index (Phi) is 2.31. The van der Waals surface area contributed by atoms with Gasteiger partial charge in [-0.2, -0.15) is 0 Å². The molecule has 0 spiro atoms. The number of furan rings is 1. The third kappa shape index (κ3) is 1.63. The van der Waals surface area contributed by atoms with E-state index in [4.69, 9.17) is 9.52 Å². The summed E-state index contributed by atoms with van der Waals surface area (Å²) in [5, 5.41) is 20.0. The molecule has 0 saturated carbocycles. The second-order valence-corrected chi connectivity index (χ2v) is 6.56. The maximum Gasteiger partial charge on any atom is 0.211 e. The lowest BCUT2D eigenvalue weighted by Crippen LogP contribution is -2.00. The summed E-state index contributed by atoms with van der Waals surface area (Å²) in [6.07, 6.45) is 1.94. The molecule has 5 aromatic rings. The second kappa shape index (κ2) is 4.42. The van der Waals surface area contributed by atoms with E-state index in [1.54, 1.807) is 0 Å². The summed E-state index contributed by atoms with van der Waals surface area (Å²) in [5.74, 6) is 0.884. The van der Waals surface area contributed by atoms with Gasteiger partial charge in [0.1, 0.15) is 17.0 Å². The molecule has 0 unspecified atom stereocenters. The van der Waals surface area contributed by atoms with Crippen LogP contribution in [0.25, 0.3) is 38.6 Å². The number of aryl methyl sites for hydroxylation is 3. The van der Waals surface area contributed by atoms with Crippen molar-refractivity contribution in [1.82, 2.24) is 25.3 Å². The zero-order valence-corrected chi connectivity index (χ0v) is 13.5. The molecule has 0 amide bonds. The molecule has 3 heterocycles. The highest BCUT2D eigenvalue weighted by molar-refractivity contribution is 6.16. The third-order valence-electron chi connectivity index (χ3n) is 5.06. The quantitative estimate of drug-likeness (QED) is 0.435. The van der Waals surface area contributed by atoms with E-state index in [1.165, 1.54) is 15.8 Å². The lowest BCUT2D eigenvalue weighted by molar-refractivity contribution is 0.581. The Labute approximate surface area is 142 Å². The molecule has 3 aromatic heterocycles. The van der Waals surface area contributed by atoms with Crippen LogP contribution in [0.5, 0.6) is 0 Å². The van der Waals surface area contributed by atoms with Gasteiger partial charge in [-0.25, -0.2) is 0 Å². The molecule has 2 aromatic carbocycles. The van der Waals surface area contributed by atoms with E-state index in [0.29, 0.717) is 5.65 Å². The van der Waals surface area contributed by atoms with Crippen LogP contribution in [-0.2, 0) is 12.8 Å². The molecule has 0 saturated heterocycles. The fourth-order valence-corrected chi connectivity index (χ4v) is 4.02. The van der Waals surface area contributed by atoms with Gasteiger partial charge in [-0.15, -0.1) is 14.8 Å². The summed E-state index contributed by atoms with van der Waals surface area (Å²) in [7, 11) is 0. The number of hydrogen-bond acceptors (Lipinski definition) is 5. The van der Waals surface area contributed by atoms with Crippen LogP contribution in [0.3, 0.4) is 0 Å². The highest BCUT2D eigenvalue weighted by Gasteiger charge is 2.24. The molecule has 1 aliphatic carbocycles. The lowest BCUT2D eigenvalue weighted by atomic mass is 9.99. The van der Waals surface area contributed by atoms with Gasteiger partial charge < -0.3 is 4.42 Å². The fourth-order valence-electron chi connectivity index (χ4n) is 4.02. The first-order valence-electron chi connectivity index (χ1n) is 8.32. The maximum absolute atomic E-state index is 6.03. The Morgan fingerprint density at radius 3 is 2.88 bits per heavy atom. The van der Waals surface area contributed by atoms with Crippen molar-refractivity contribution in [2.24, 2.45) is 0 Å². The molecule has 0 atom stereocenters. The summed E-state index contributed by atoms with van der Waals surface area (Å²) >= 11 is 0. The third-order valence-corrected chi connectivity index (χ3v) is 5.06. The fraction of sp³-hybridized carbons (Fsp3) is 0.158. The molecule has 6 heteroatoms. The molecular formula is C19H13N5O. The van der Waals surface area contributed by atoms with Gasteiger partial charge in [0, 0.05) is 16.3 Å². The van der Waals surface area contributed by atoms with Crippen LogP contribution in [0.1, 0.15) is 16.9 Å². The lowest BCUT2D eigenvalue weighted by Gasteiger charge is -2.09. The molecule has 25 heavy (non-hydrogen) atoms. The number of rotatable bonds is 0. The van der Waals surface area contributed by atoms with Gasteiger partial charge in [-0.05, 0) is 53.5 Å². The van der Waals surface area contributed by atoms with Crippen molar-refractivity contribution in [3.05, 3.63) is 53.3 Å². The molecule has 0 bridgehead atoms. The van der Waals surface area contributed by atoms with E-state index in [-0.39, 0.29) is 0 Å². The number of hydrogen-bond donors (Lipinski definition) is 0. The molecule has 0 N–H and O–H groups in total. The summed E-state index contributed by atoms with van der Waals surface area (Å²) in [6.45, 7) is 1.97. The number of fused-ring (bicyclic) bond motifs is 6.